The van der Waals surface area contributed by atoms with Crippen molar-refractivity contribution in [1.29, 1.82) is 0 Å². The molecule has 0 saturated heterocycles. The molecule has 100 valence electrons. The van der Waals surface area contributed by atoms with Gasteiger partial charge in [-0.25, -0.2) is 13.8 Å². The maximum Gasteiger partial charge on any atom is 0.232 e. The molecule has 4 nitrogen and oxygen atoms in total. The monoisotopic (exact) mass is 329 g/mol. The highest BCUT2D eigenvalue weighted by molar-refractivity contribution is 9.10. The van der Waals surface area contributed by atoms with Crippen LogP contribution in [0.3, 0.4) is 0 Å². The molecule has 2 aromatic rings. The van der Waals surface area contributed by atoms with Crippen LogP contribution in [-0.2, 0) is 0 Å². The Hall–Kier alpha value is -1.76. The predicted octanol–water partition coefficient (Wildman–Crippen LogP) is 3.58. The number of aromatic nitrogens is 2. The lowest BCUT2D eigenvalue weighted by Gasteiger charge is -2.10. The number of aryl methyl sites for hydroxylation is 1. The number of benzene rings is 1. The summed E-state index contributed by atoms with van der Waals surface area (Å²) in [7, 11) is 1.44. The molecule has 0 spiro atoms. The molecule has 0 unspecified atom stereocenters. The number of halogens is 3. The first kappa shape index (κ1) is 13.7. The summed E-state index contributed by atoms with van der Waals surface area (Å²) in [4.78, 5) is 7.88. The van der Waals surface area contributed by atoms with Gasteiger partial charge >= 0.3 is 0 Å². The number of hydrogen-bond donors (Lipinski definition) is 1. The molecule has 0 saturated carbocycles. The van der Waals surface area contributed by atoms with Crippen LogP contribution in [0.4, 0.5) is 20.4 Å². The van der Waals surface area contributed by atoms with Gasteiger partial charge in [0.1, 0.15) is 11.5 Å². The summed E-state index contributed by atoms with van der Waals surface area (Å²) < 4.78 is 32.9. The molecule has 1 heterocycles. The molecule has 1 N–H and O–H groups in total. The van der Waals surface area contributed by atoms with Crippen molar-refractivity contribution in [1.82, 2.24) is 9.97 Å². The van der Waals surface area contributed by atoms with Crippen LogP contribution in [0.5, 0.6) is 5.88 Å². The van der Waals surface area contributed by atoms with Crippen LogP contribution in [-0.4, -0.2) is 17.1 Å². The first-order chi connectivity index (χ1) is 9.02. The van der Waals surface area contributed by atoms with Crippen molar-refractivity contribution in [3.8, 4) is 5.88 Å². The zero-order valence-electron chi connectivity index (χ0n) is 10.2. The normalized spacial score (nSPS) is 10.4. The number of hydrogen-bond acceptors (Lipinski definition) is 4. The van der Waals surface area contributed by atoms with Crippen LogP contribution >= 0.6 is 15.9 Å². The fourth-order valence-corrected chi connectivity index (χ4v) is 1.79. The number of nitrogens with one attached hydrogen (secondary N) is 1. The van der Waals surface area contributed by atoms with Crippen molar-refractivity contribution < 1.29 is 13.5 Å². The van der Waals surface area contributed by atoms with E-state index in [1.165, 1.54) is 25.4 Å². The zero-order valence-corrected chi connectivity index (χ0v) is 11.8. The van der Waals surface area contributed by atoms with Crippen molar-refractivity contribution in [2.24, 2.45) is 0 Å². The fourth-order valence-electron chi connectivity index (χ4n) is 1.44. The van der Waals surface area contributed by atoms with Gasteiger partial charge in [0, 0.05) is 0 Å². The van der Waals surface area contributed by atoms with Crippen LogP contribution in [0.15, 0.2) is 22.8 Å². The fraction of sp³-hybridized carbons (Fsp3) is 0.167. The first-order valence-electron chi connectivity index (χ1n) is 5.31. The molecule has 0 aliphatic rings. The second-order valence-corrected chi connectivity index (χ2v) is 4.58. The van der Waals surface area contributed by atoms with Gasteiger partial charge in [0.2, 0.25) is 11.8 Å². The molecule has 7 heteroatoms. The summed E-state index contributed by atoms with van der Waals surface area (Å²) in [5, 5.41) is 2.51. The minimum absolute atomic E-state index is 0.0449. The van der Waals surface area contributed by atoms with E-state index in [9.17, 15) is 8.78 Å². The van der Waals surface area contributed by atoms with E-state index in [1.807, 2.05) is 0 Å². The Morgan fingerprint density at radius 3 is 2.74 bits per heavy atom. The molecule has 0 bridgehead atoms. The summed E-state index contributed by atoms with van der Waals surface area (Å²) in [5.41, 5.74) is 0.0392. The molecule has 0 amide bonds. The molecule has 1 aromatic heterocycles. The van der Waals surface area contributed by atoms with Crippen molar-refractivity contribution in [3.05, 3.63) is 40.0 Å². The van der Waals surface area contributed by atoms with E-state index in [0.29, 0.717) is 10.0 Å². The summed E-state index contributed by atoms with van der Waals surface area (Å²) >= 11 is 3.19. The zero-order chi connectivity index (χ0) is 14.0. The van der Waals surface area contributed by atoms with Gasteiger partial charge in [-0.05, 0) is 34.5 Å². The topological polar surface area (TPSA) is 47.0 Å². The predicted molar refractivity (Wildman–Crippen MR) is 70.7 cm³/mol. The van der Waals surface area contributed by atoms with Crippen molar-refractivity contribution >= 4 is 27.6 Å². The Bertz CT molecular complexity index is 622. The highest BCUT2D eigenvalue weighted by atomic mass is 79.9. The Kier molecular flexibility index (Phi) is 3.94. The lowest BCUT2D eigenvalue weighted by Crippen LogP contribution is -2.04. The highest BCUT2D eigenvalue weighted by Crippen LogP contribution is 2.27. The number of rotatable bonds is 3. The molecule has 0 fully saturated rings. The molecule has 19 heavy (non-hydrogen) atoms. The van der Waals surface area contributed by atoms with E-state index in [4.69, 9.17) is 4.74 Å². The molecule has 0 atom stereocenters. The van der Waals surface area contributed by atoms with Crippen LogP contribution in [0.25, 0.3) is 0 Å². The third kappa shape index (κ3) is 2.81. The largest absolute Gasteiger partial charge is 0.480 e. The number of nitrogens with zero attached hydrogens (tertiary/aromatic N) is 2. The molecule has 0 radical (unpaired) electrons. The quantitative estimate of drug-likeness (QED) is 0.934. The second kappa shape index (κ2) is 5.48. The Morgan fingerprint density at radius 2 is 2.05 bits per heavy atom. The van der Waals surface area contributed by atoms with E-state index in [1.54, 1.807) is 6.92 Å². The Balaban J connectivity index is 2.39. The highest BCUT2D eigenvalue weighted by Gasteiger charge is 2.13. The van der Waals surface area contributed by atoms with Gasteiger partial charge in [-0.2, -0.15) is 4.98 Å². The van der Waals surface area contributed by atoms with E-state index in [0.717, 1.165) is 0 Å². The van der Waals surface area contributed by atoms with Crippen LogP contribution in [0.2, 0.25) is 0 Å². The summed E-state index contributed by atoms with van der Waals surface area (Å²) in [6, 6.07) is 2.54. The minimum atomic E-state index is -0.714. The summed E-state index contributed by atoms with van der Waals surface area (Å²) in [6.07, 6.45) is 1.43. The van der Waals surface area contributed by atoms with Gasteiger partial charge in [-0.1, -0.05) is 6.07 Å². The van der Waals surface area contributed by atoms with E-state index >= 15 is 0 Å². The molecule has 2 rings (SSSR count). The lowest BCUT2D eigenvalue weighted by molar-refractivity contribution is 0.394. The third-order valence-corrected chi connectivity index (χ3v) is 2.97. The van der Waals surface area contributed by atoms with Crippen LogP contribution in [0, 0.1) is 18.6 Å². The summed E-state index contributed by atoms with van der Waals surface area (Å²) in [6.45, 7) is 1.54. The third-order valence-electron chi connectivity index (χ3n) is 2.43. The Labute approximate surface area is 117 Å². The SMILES string of the molecule is COc1nc(Nc2c(F)ccc(C)c2F)ncc1Br. The number of methoxy groups -OCH3 is 1. The molecular formula is C12H10BrF2N3O. The van der Waals surface area contributed by atoms with Gasteiger partial charge < -0.3 is 10.1 Å². The van der Waals surface area contributed by atoms with E-state index in [2.05, 4.69) is 31.2 Å². The minimum Gasteiger partial charge on any atom is -0.480 e. The van der Waals surface area contributed by atoms with Gasteiger partial charge in [0.15, 0.2) is 5.82 Å². The Morgan fingerprint density at radius 1 is 1.32 bits per heavy atom. The van der Waals surface area contributed by atoms with Crippen molar-refractivity contribution in [2.45, 2.75) is 6.92 Å². The lowest BCUT2D eigenvalue weighted by atomic mass is 10.2. The van der Waals surface area contributed by atoms with Gasteiger partial charge in [0.05, 0.1) is 17.8 Å². The molecule has 0 aliphatic heterocycles. The van der Waals surface area contributed by atoms with Crippen LogP contribution in [0.1, 0.15) is 5.56 Å². The van der Waals surface area contributed by atoms with Crippen molar-refractivity contribution in [2.75, 3.05) is 12.4 Å². The molecule has 1 aromatic carbocycles. The average molecular weight is 330 g/mol. The number of ether oxygens (including phenoxy) is 1. The van der Waals surface area contributed by atoms with E-state index < -0.39 is 11.6 Å². The second-order valence-electron chi connectivity index (χ2n) is 3.73. The van der Waals surface area contributed by atoms with Crippen molar-refractivity contribution in [3.63, 3.8) is 0 Å². The first-order valence-corrected chi connectivity index (χ1v) is 6.10. The molecule has 0 aliphatic carbocycles. The number of anilines is 2. The van der Waals surface area contributed by atoms with Gasteiger partial charge in [-0.15, -0.1) is 0 Å². The molecular weight excluding hydrogens is 320 g/mol. The summed E-state index contributed by atoms with van der Waals surface area (Å²) in [5.74, 6) is -1.08. The average Bonchev–Trinajstić information content (AvgIpc) is 2.41. The van der Waals surface area contributed by atoms with Crippen LogP contribution < -0.4 is 10.1 Å². The smallest absolute Gasteiger partial charge is 0.232 e. The van der Waals surface area contributed by atoms with E-state index in [-0.39, 0.29) is 17.5 Å². The van der Waals surface area contributed by atoms with Gasteiger partial charge in [0.25, 0.3) is 0 Å². The maximum atomic E-state index is 13.8. The van der Waals surface area contributed by atoms with Gasteiger partial charge in [-0.3, -0.25) is 0 Å². The standard InChI is InChI=1S/C12H10BrF2N3O/c1-6-3-4-8(14)10(9(6)15)17-12-16-5-7(13)11(18-12)19-2/h3-5H,1-2H3,(H,16,17,18). The maximum absolute atomic E-state index is 13.8.